The molecular weight excluding hydrogens is 340 g/mol. The van der Waals surface area contributed by atoms with Crippen LogP contribution in [0, 0.1) is 22.2 Å². The molecule has 2 aliphatic rings. The van der Waals surface area contributed by atoms with Crippen LogP contribution in [-0.4, -0.2) is 35.6 Å². The van der Waals surface area contributed by atoms with E-state index in [2.05, 4.69) is 79.5 Å². The molecule has 0 aromatic heterocycles. The number of hydrogen-bond acceptors (Lipinski definition) is 2. The van der Waals surface area contributed by atoms with E-state index in [0.717, 1.165) is 5.92 Å². The van der Waals surface area contributed by atoms with Crippen LogP contribution in [0.1, 0.15) is 114 Å². The first-order valence-electron chi connectivity index (χ1n) is 12.1. The van der Waals surface area contributed by atoms with Gasteiger partial charge < -0.3 is 5.32 Å². The van der Waals surface area contributed by atoms with E-state index < -0.39 is 0 Å². The van der Waals surface area contributed by atoms with Crippen LogP contribution in [0.2, 0.25) is 0 Å². The highest BCUT2D eigenvalue weighted by atomic mass is 15.2. The van der Waals surface area contributed by atoms with Crippen molar-refractivity contribution in [3.63, 3.8) is 0 Å². The summed E-state index contributed by atoms with van der Waals surface area (Å²) in [5.74, 6) is 0.831. The minimum Gasteiger partial charge on any atom is -0.310 e. The molecule has 0 saturated carbocycles. The van der Waals surface area contributed by atoms with Gasteiger partial charge in [0, 0.05) is 24.2 Å². The third kappa shape index (κ3) is 6.21. The summed E-state index contributed by atoms with van der Waals surface area (Å²) < 4.78 is 0. The number of nitrogens with one attached hydrogen (secondary N) is 1. The highest BCUT2D eigenvalue weighted by Gasteiger charge is 2.40. The zero-order valence-corrected chi connectivity index (χ0v) is 21.0. The summed E-state index contributed by atoms with van der Waals surface area (Å²) in [4.78, 5) is 2.73. The van der Waals surface area contributed by atoms with E-state index in [0.29, 0.717) is 33.9 Å². The summed E-state index contributed by atoms with van der Waals surface area (Å²) in [5, 5.41) is 4.07. The zero-order valence-electron chi connectivity index (χ0n) is 21.0. The molecule has 28 heavy (non-hydrogen) atoms. The molecule has 2 heteroatoms. The Balaban J connectivity index is 1.96. The topological polar surface area (TPSA) is 15.3 Å². The molecule has 3 atom stereocenters. The minimum absolute atomic E-state index is 0.308. The maximum Gasteiger partial charge on any atom is 0.0125 e. The molecule has 166 valence electrons. The number of rotatable bonds is 5. The van der Waals surface area contributed by atoms with Crippen molar-refractivity contribution in [1.82, 2.24) is 10.2 Å². The van der Waals surface area contributed by atoms with Crippen LogP contribution < -0.4 is 5.32 Å². The van der Waals surface area contributed by atoms with Crippen molar-refractivity contribution in [1.29, 1.82) is 0 Å². The molecule has 0 amide bonds. The highest BCUT2D eigenvalue weighted by Crippen LogP contribution is 2.44. The van der Waals surface area contributed by atoms with Gasteiger partial charge in [0.15, 0.2) is 0 Å². The average molecular weight is 393 g/mol. The van der Waals surface area contributed by atoms with Gasteiger partial charge in [-0.3, -0.25) is 4.90 Å². The Bertz CT molecular complexity index is 446. The normalized spacial score (nSPS) is 29.1. The van der Waals surface area contributed by atoms with Gasteiger partial charge in [-0.25, -0.2) is 0 Å². The van der Waals surface area contributed by atoms with Crippen LogP contribution >= 0.6 is 0 Å². The van der Waals surface area contributed by atoms with Crippen LogP contribution in [-0.2, 0) is 0 Å². The Morgan fingerprint density at radius 3 is 1.86 bits per heavy atom. The van der Waals surface area contributed by atoms with Crippen LogP contribution in [0.15, 0.2) is 0 Å². The summed E-state index contributed by atoms with van der Waals surface area (Å²) in [5.41, 5.74) is 1.48. The Morgan fingerprint density at radius 1 is 0.714 bits per heavy atom. The molecule has 2 rings (SSSR count). The van der Waals surface area contributed by atoms with Gasteiger partial charge >= 0.3 is 0 Å². The van der Waals surface area contributed by atoms with E-state index in [9.17, 15) is 0 Å². The molecule has 0 aromatic carbocycles. The first-order chi connectivity index (χ1) is 12.6. The molecule has 0 aliphatic carbocycles. The number of nitrogens with zero attached hydrogens (tertiary/aromatic N) is 1. The van der Waals surface area contributed by atoms with Gasteiger partial charge in [-0.1, -0.05) is 54.9 Å². The van der Waals surface area contributed by atoms with Gasteiger partial charge in [-0.15, -0.1) is 0 Å². The number of hydrogen-bond donors (Lipinski definition) is 1. The summed E-state index contributed by atoms with van der Waals surface area (Å²) in [6, 6.07) is 1.33. The van der Waals surface area contributed by atoms with Gasteiger partial charge in [-0.05, 0) is 88.0 Å². The lowest BCUT2D eigenvalue weighted by Crippen LogP contribution is -2.54. The summed E-state index contributed by atoms with van der Waals surface area (Å²) in [6.07, 6.45) is 9.53. The molecule has 3 unspecified atom stereocenters. The Labute approximate surface area is 177 Å². The smallest absolute Gasteiger partial charge is 0.0125 e. The summed E-state index contributed by atoms with van der Waals surface area (Å²) in [6.45, 7) is 27.0. The van der Waals surface area contributed by atoms with Crippen LogP contribution in [0.4, 0.5) is 0 Å². The van der Waals surface area contributed by atoms with Crippen LogP contribution in [0.25, 0.3) is 0 Å². The molecule has 0 spiro atoms. The second kappa shape index (κ2) is 8.58. The van der Waals surface area contributed by atoms with E-state index in [4.69, 9.17) is 0 Å². The van der Waals surface area contributed by atoms with E-state index in [1.807, 2.05) is 0 Å². The lowest BCUT2D eigenvalue weighted by molar-refractivity contribution is 0.0203. The molecule has 1 N–H and O–H groups in total. The van der Waals surface area contributed by atoms with Crippen LogP contribution in [0.5, 0.6) is 0 Å². The lowest BCUT2D eigenvalue weighted by Gasteiger charge is -2.49. The predicted octanol–water partition coefficient (Wildman–Crippen LogP) is 6.89. The van der Waals surface area contributed by atoms with E-state index in [-0.39, 0.29) is 0 Å². The van der Waals surface area contributed by atoms with Gasteiger partial charge in [0.25, 0.3) is 0 Å². The highest BCUT2D eigenvalue weighted by molar-refractivity contribution is 4.96. The van der Waals surface area contributed by atoms with Gasteiger partial charge in [0.05, 0.1) is 0 Å². The monoisotopic (exact) mass is 392 g/mol. The average Bonchev–Trinajstić information content (AvgIpc) is 2.59. The molecule has 2 aliphatic heterocycles. The maximum absolute atomic E-state index is 4.07. The number of likely N-dealkylation sites (tertiary alicyclic amines) is 1. The van der Waals surface area contributed by atoms with Crippen molar-refractivity contribution in [3.05, 3.63) is 0 Å². The van der Waals surface area contributed by atoms with Crippen molar-refractivity contribution < 1.29 is 0 Å². The second-order valence-corrected chi connectivity index (χ2v) is 13.5. The van der Waals surface area contributed by atoms with Crippen molar-refractivity contribution in [2.45, 2.75) is 132 Å². The molecule has 2 saturated heterocycles. The van der Waals surface area contributed by atoms with Crippen molar-refractivity contribution in [2.24, 2.45) is 22.2 Å². The third-order valence-corrected chi connectivity index (χ3v) is 8.27. The predicted molar refractivity (Wildman–Crippen MR) is 125 cm³/mol. The molecule has 2 fully saturated rings. The van der Waals surface area contributed by atoms with Gasteiger partial charge in [0.1, 0.15) is 0 Å². The fourth-order valence-electron chi connectivity index (χ4n) is 5.48. The van der Waals surface area contributed by atoms with Crippen molar-refractivity contribution >= 4 is 0 Å². The lowest BCUT2D eigenvalue weighted by atomic mass is 9.66. The zero-order chi connectivity index (χ0) is 21.4. The molecule has 0 bridgehead atoms. The van der Waals surface area contributed by atoms with E-state index in [1.54, 1.807) is 0 Å². The summed E-state index contributed by atoms with van der Waals surface area (Å²) >= 11 is 0. The second-order valence-electron chi connectivity index (χ2n) is 13.5. The minimum atomic E-state index is 0.308. The first-order valence-corrected chi connectivity index (χ1v) is 12.1. The van der Waals surface area contributed by atoms with Gasteiger partial charge in [0.2, 0.25) is 0 Å². The maximum atomic E-state index is 4.07. The molecule has 2 heterocycles. The van der Waals surface area contributed by atoms with Crippen molar-refractivity contribution in [3.8, 4) is 0 Å². The van der Waals surface area contributed by atoms with E-state index in [1.165, 1.54) is 58.0 Å². The SMILES string of the molecule is CC(C)(C)C1CCCC(C(C)(C)CCC(C)(C)C2CCCN(C(C)(C)C)C2)N1. The van der Waals surface area contributed by atoms with Gasteiger partial charge in [-0.2, -0.15) is 0 Å². The van der Waals surface area contributed by atoms with Crippen molar-refractivity contribution in [2.75, 3.05) is 13.1 Å². The molecule has 2 nitrogen and oxygen atoms in total. The van der Waals surface area contributed by atoms with E-state index >= 15 is 0 Å². The quantitative estimate of drug-likeness (QED) is 0.548. The Morgan fingerprint density at radius 2 is 1.29 bits per heavy atom. The van der Waals surface area contributed by atoms with Crippen LogP contribution in [0.3, 0.4) is 0 Å². The third-order valence-electron chi connectivity index (χ3n) is 8.27. The first kappa shape index (κ1) is 24.2. The fraction of sp³-hybridized carbons (Fsp3) is 1.00. The fourth-order valence-corrected chi connectivity index (χ4v) is 5.48. The standard InChI is InChI=1S/C26H52N2/c1-23(2,3)21-14-11-15-22(27-21)26(9,10)17-16-25(7,8)20-13-12-18-28(19-20)24(4,5)6/h20-22,27H,11-19H2,1-10H3. The Hall–Kier alpha value is -0.0800. The molecule has 0 radical (unpaired) electrons. The summed E-state index contributed by atoms with van der Waals surface area (Å²) in [7, 11) is 0. The molecular formula is C26H52N2. The largest absolute Gasteiger partial charge is 0.310 e. The Kier molecular flexibility index (Phi) is 7.41. The molecule has 0 aromatic rings. The number of piperidine rings is 2.